The van der Waals surface area contributed by atoms with Gasteiger partial charge in [-0.3, -0.25) is 10.1 Å². The maximum Gasteiger partial charge on any atom is 0.231 e. The molecule has 5 heteroatoms. The number of aromatic amines is 1. The lowest BCUT2D eigenvalue weighted by atomic mass is 10.1. The first-order valence-corrected chi connectivity index (χ1v) is 5.15. The van der Waals surface area contributed by atoms with Crippen molar-refractivity contribution in [3.8, 4) is 0 Å². The van der Waals surface area contributed by atoms with Gasteiger partial charge in [-0.15, -0.1) is 0 Å². The predicted octanol–water partition coefficient (Wildman–Crippen LogP) is 2.24. The van der Waals surface area contributed by atoms with Gasteiger partial charge in [-0.1, -0.05) is 23.7 Å². The van der Waals surface area contributed by atoms with Gasteiger partial charge < -0.3 is 4.98 Å². The van der Waals surface area contributed by atoms with E-state index < -0.39 is 0 Å². The zero-order chi connectivity index (χ0) is 11.4. The van der Waals surface area contributed by atoms with Gasteiger partial charge >= 0.3 is 0 Å². The van der Waals surface area contributed by atoms with E-state index in [1.807, 2.05) is 12.1 Å². The van der Waals surface area contributed by atoms with Gasteiger partial charge in [0.2, 0.25) is 11.9 Å². The SMILES string of the molecule is O=C(Cc1ccc(Cl)cc1)Nc1ncc[nH]1. The second-order valence-corrected chi connectivity index (χ2v) is 3.73. The molecule has 0 bridgehead atoms. The van der Waals surface area contributed by atoms with Crippen LogP contribution in [0.4, 0.5) is 5.95 Å². The van der Waals surface area contributed by atoms with Gasteiger partial charge in [0.25, 0.3) is 0 Å². The maximum atomic E-state index is 11.6. The number of carbonyl (C=O) groups is 1. The molecule has 0 saturated carbocycles. The molecule has 2 rings (SSSR count). The Labute approximate surface area is 97.7 Å². The standard InChI is InChI=1S/C11H10ClN3O/c12-9-3-1-8(2-4-9)7-10(16)15-11-13-5-6-14-11/h1-6H,7H2,(H2,13,14,15,16). The fourth-order valence-electron chi connectivity index (χ4n) is 1.30. The topological polar surface area (TPSA) is 57.8 Å². The second kappa shape index (κ2) is 4.81. The Balaban J connectivity index is 1.95. The van der Waals surface area contributed by atoms with Crippen molar-refractivity contribution >= 4 is 23.5 Å². The molecule has 0 fully saturated rings. The van der Waals surface area contributed by atoms with Gasteiger partial charge in [-0.2, -0.15) is 0 Å². The molecule has 0 aliphatic rings. The number of anilines is 1. The van der Waals surface area contributed by atoms with Crippen LogP contribution in [0.5, 0.6) is 0 Å². The van der Waals surface area contributed by atoms with Crippen molar-refractivity contribution in [2.24, 2.45) is 0 Å². The number of rotatable bonds is 3. The quantitative estimate of drug-likeness (QED) is 0.857. The third kappa shape index (κ3) is 2.84. The first-order valence-electron chi connectivity index (χ1n) is 4.78. The minimum Gasteiger partial charge on any atom is -0.331 e. The lowest BCUT2D eigenvalue weighted by molar-refractivity contribution is -0.115. The Bertz CT molecular complexity index is 464. The lowest BCUT2D eigenvalue weighted by Gasteiger charge is -2.02. The van der Waals surface area contributed by atoms with Crippen LogP contribution in [-0.2, 0) is 11.2 Å². The van der Waals surface area contributed by atoms with Gasteiger partial charge in [0.15, 0.2) is 0 Å². The summed E-state index contributed by atoms with van der Waals surface area (Å²) < 4.78 is 0. The zero-order valence-corrected chi connectivity index (χ0v) is 9.16. The molecule has 1 aromatic carbocycles. The zero-order valence-electron chi connectivity index (χ0n) is 8.40. The highest BCUT2D eigenvalue weighted by atomic mass is 35.5. The van der Waals surface area contributed by atoms with Crippen molar-refractivity contribution in [1.82, 2.24) is 9.97 Å². The average molecular weight is 236 g/mol. The van der Waals surface area contributed by atoms with E-state index in [-0.39, 0.29) is 5.91 Å². The minimum atomic E-state index is -0.114. The number of halogens is 1. The van der Waals surface area contributed by atoms with Gasteiger partial charge in [0, 0.05) is 17.4 Å². The van der Waals surface area contributed by atoms with Crippen LogP contribution in [0.2, 0.25) is 5.02 Å². The van der Waals surface area contributed by atoms with E-state index in [2.05, 4.69) is 15.3 Å². The maximum absolute atomic E-state index is 11.6. The summed E-state index contributed by atoms with van der Waals surface area (Å²) in [6.07, 6.45) is 3.54. The van der Waals surface area contributed by atoms with Crippen LogP contribution in [0.25, 0.3) is 0 Å². The molecule has 0 spiro atoms. The number of H-pyrrole nitrogens is 1. The second-order valence-electron chi connectivity index (χ2n) is 3.29. The first-order chi connectivity index (χ1) is 7.74. The molecule has 2 N–H and O–H groups in total. The van der Waals surface area contributed by atoms with E-state index in [1.165, 1.54) is 0 Å². The van der Waals surface area contributed by atoms with Gasteiger partial charge in [-0.05, 0) is 17.7 Å². The fourth-order valence-corrected chi connectivity index (χ4v) is 1.42. The molecule has 0 aliphatic carbocycles. The first kappa shape index (κ1) is 10.7. The Morgan fingerprint density at radius 2 is 2.12 bits per heavy atom. The Hall–Kier alpha value is -1.81. The van der Waals surface area contributed by atoms with E-state index >= 15 is 0 Å². The Morgan fingerprint density at radius 1 is 1.38 bits per heavy atom. The molecule has 0 saturated heterocycles. The van der Waals surface area contributed by atoms with E-state index in [0.717, 1.165) is 5.56 Å². The molecule has 0 unspecified atom stereocenters. The van der Waals surface area contributed by atoms with E-state index in [1.54, 1.807) is 24.5 Å². The molecule has 1 aromatic heterocycles. The molecule has 0 atom stereocenters. The molecular weight excluding hydrogens is 226 g/mol. The van der Waals surface area contributed by atoms with Crippen molar-refractivity contribution in [1.29, 1.82) is 0 Å². The third-order valence-electron chi connectivity index (χ3n) is 2.03. The molecule has 16 heavy (non-hydrogen) atoms. The number of benzene rings is 1. The number of carbonyl (C=O) groups excluding carboxylic acids is 1. The molecule has 1 heterocycles. The van der Waals surface area contributed by atoms with Crippen LogP contribution >= 0.6 is 11.6 Å². The number of hydrogen-bond acceptors (Lipinski definition) is 2. The van der Waals surface area contributed by atoms with Gasteiger partial charge in [0.05, 0.1) is 6.42 Å². The number of amides is 1. The summed E-state index contributed by atoms with van der Waals surface area (Å²) in [4.78, 5) is 18.3. The van der Waals surface area contributed by atoms with Crippen molar-refractivity contribution in [3.63, 3.8) is 0 Å². The number of hydrogen-bond donors (Lipinski definition) is 2. The Kier molecular flexibility index (Phi) is 3.22. The normalized spacial score (nSPS) is 10.1. The smallest absolute Gasteiger partial charge is 0.231 e. The molecule has 0 radical (unpaired) electrons. The number of imidazole rings is 1. The molecule has 2 aromatic rings. The summed E-state index contributed by atoms with van der Waals surface area (Å²) in [6, 6.07) is 7.17. The monoisotopic (exact) mass is 235 g/mol. The van der Waals surface area contributed by atoms with Crippen LogP contribution in [-0.4, -0.2) is 15.9 Å². The molecule has 82 valence electrons. The third-order valence-corrected chi connectivity index (χ3v) is 2.29. The minimum absolute atomic E-state index is 0.114. The van der Waals surface area contributed by atoms with Gasteiger partial charge in [-0.25, -0.2) is 4.98 Å². The Morgan fingerprint density at radius 3 is 2.75 bits per heavy atom. The van der Waals surface area contributed by atoms with E-state index in [0.29, 0.717) is 17.4 Å². The summed E-state index contributed by atoms with van der Waals surface area (Å²) in [6.45, 7) is 0. The summed E-state index contributed by atoms with van der Waals surface area (Å²) in [5.74, 6) is 0.344. The number of aromatic nitrogens is 2. The van der Waals surface area contributed by atoms with Crippen molar-refractivity contribution in [2.45, 2.75) is 6.42 Å². The molecule has 0 aliphatic heterocycles. The van der Waals surface area contributed by atoms with E-state index in [9.17, 15) is 4.79 Å². The van der Waals surface area contributed by atoms with Gasteiger partial charge in [0.1, 0.15) is 0 Å². The predicted molar refractivity (Wildman–Crippen MR) is 62.4 cm³/mol. The van der Waals surface area contributed by atoms with E-state index in [4.69, 9.17) is 11.6 Å². The molecular formula is C11H10ClN3O. The van der Waals surface area contributed by atoms with Crippen LogP contribution < -0.4 is 5.32 Å². The summed E-state index contributed by atoms with van der Waals surface area (Å²) in [5, 5.41) is 3.31. The fraction of sp³-hybridized carbons (Fsp3) is 0.0909. The van der Waals surface area contributed by atoms with Crippen molar-refractivity contribution in [3.05, 3.63) is 47.2 Å². The highest BCUT2D eigenvalue weighted by molar-refractivity contribution is 6.30. The van der Waals surface area contributed by atoms with Crippen LogP contribution in [0.15, 0.2) is 36.7 Å². The van der Waals surface area contributed by atoms with Crippen molar-refractivity contribution < 1.29 is 4.79 Å². The highest BCUT2D eigenvalue weighted by Crippen LogP contribution is 2.10. The van der Waals surface area contributed by atoms with Crippen LogP contribution in [0.3, 0.4) is 0 Å². The summed E-state index contributed by atoms with van der Waals surface area (Å²) >= 11 is 5.75. The highest BCUT2D eigenvalue weighted by Gasteiger charge is 2.04. The number of nitrogens with zero attached hydrogens (tertiary/aromatic N) is 1. The van der Waals surface area contributed by atoms with Crippen LogP contribution in [0, 0.1) is 0 Å². The molecule has 1 amide bonds. The average Bonchev–Trinajstić information content (AvgIpc) is 2.74. The summed E-state index contributed by atoms with van der Waals surface area (Å²) in [5.41, 5.74) is 0.911. The van der Waals surface area contributed by atoms with Crippen molar-refractivity contribution in [2.75, 3.05) is 5.32 Å². The molecule has 4 nitrogen and oxygen atoms in total. The van der Waals surface area contributed by atoms with Crippen LogP contribution in [0.1, 0.15) is 5.56 Å². The number of nitrogens with one attached hydrogen (secondary N) is 2. The largest absolute Gasteiger partial charge is 0.331 e. The summed E-state index contributed by atoms with van der Waals surface area (Å²) in [7, 11) is 0. The lowest BCUT2D eigenvalue weighted by Crippen LogP contribution is -2.15.